The van der Waals surface area contributed by atoms with Crippen LogP contribution in [0, 0.1) is 0 Å². The first-order valence-electron chi connectivity index (χ1n) is 7.37. The van der Waals surface area contributed by atoms with Crippen LogP contribution >= 0.6 is 11.6 Å². The van der Waals surface area contributed by atoms with Gasteiger partial charge in [-0.25, -0.2) is 4.79 Å². The maximum Gasteiger partial charge on any atom is 0.337 e. The Kier molecular flexibility index (Phi) is 6.25. The van der Waals surface area contributed by atoms with E-state index < -0.39 is 11.9 Å². The van der Waals surface area contributed by atoms with E-state index in [4.69, 9.17) is 21.1 Å². The average Bonchev–Trinajstić information content (AvgIpc) is 2.65. The molecule has 0 atom stereocenters. The number of hydrogen-bond donors (Lipinski definition) is 1. The molecule has 0 aromatic heterocycles. The number of rotatable bonds is 6. The lowest BCUT2D eigenvalue weighted by Gasteiger charge is -2.12. The van der Waals surface area contributed by atoms with Gasteiger partial charge in [-0.15, -0.1) is 0 Å². The van der Waals surface area contributed by atoms with Gasteiger partial charge >= 0.3 is 5.97 Å². The van der Waals surface area contributed by atoms with Crippen molar-refractivity contribution in [3.8, 4) is 11.5 Å². The minimum Gasteiger partial charge on any atom is -0.497 e. The van der Waals surface area contributed by atoms with E-state index in [2.05, 4.69) is 10.1 Å². The van der Waals surface area contributed by atoms with Crippen molar-refractivity contribution in [1.82, 2.24) is 5.32 Å². The molecule has 0 radical (unpaired) electrons. The lowest BCUT2D eigenvalue weighted by Crippen LogP contribution is -2.23. The summed E-state index contributed by atoms with van der Waals surface area (Å²) < 4.78 is 15.1. The molecule has 0 bridgehead atoms. The normalized spacial score (nSPS) is 10.1. The van der Waals surface area contributed by atoms with Gasteiger partial charge in [-0.05, 0) is 30.3 Å². The number of carbonyl (C=O) groups is 2. The van der Waals surface area contributed by atoms with Crippen LogP contribution in [0.15, 0.2) is 36.4 Å². The molecule has 0 heterocycles. The van der Waals surface area contributed by atoms with Gasteiger partial charge in [0.05, 0.1) is 37.5 Å². The van der Waals surface area contributed by atoms with E-state index in [0.29, 0.717) is 11.5 Å². The van der Waals surface area contributed by atoms with E-state index in [0.717, 1.165) is 5.56 Å². The predicted molar refractivity (Wildman–Crippen MR) is 93.5 cm³/mol. The van der Waals surface area contributed by atoms with Crippen molar-refractivity contribution in [2.24, 2.45) is 0 Å². The summed E-state index contributed by atoms with van der Waals surface area (Å²) in [6, 6.07) is 9.68. The molecule has 0 unspecified atom stereocenters. The molecule has 132 valence electrons. The molecule has 1 N–H and O–H groups in total. The SMILES string of the molecule is COC(=O)c1ccc(Cl)c(C(=O)NCc2ccc(OC)cc2OC)c1. The number of esters is 1. The lowest BCUT2D eigenvalue weighted by molar-refractivity contribution is 0.0600. The summed E-state index contributed by atoms with van der Waals surface area (Å²) in [5.74, 6) is 0.297. The van der Waals surface area contributed by atoms with Gasteiger partial charge in [-0.2, -0.15) is 0 Å². The number of nitrogens with one attached hydrogen (secondary N) is 1. The van der Waals surface area contributed by atoms with E-state index in [9.17, 15) is 9.59 Å². The lowest BCUT2D eigenvalue weighted by atomic mass is 10.1. The third kappa shape index (κ3) is 4.42. The Labute approximate surface area is 150 Å². The summed E-state index contributed by atoms with van der Waals surface area (Å²) in [6.45, 7) is 0.227. The molecule has 0 spiro atoms. The number of carbonyl (C=O) groups excluding carboxylic acids is 2. The van der Waals surface area contributed by atoms with Crippen molar-refractivity contribution in [2.75, 3.05) is 21.3 Å². The van der Waals surface area contributed by atoms with Gasteiger partial charge in [0.15, 0.2) is 0 Å². The Morgan fingerprint density at radius 3 is 2.44 bits per heavy atom. The van der Waals surface area contributed by atoms with Crippen molar-refractivity contribution < 1.29 is 23.8 Å². The van der Waals surface area contributed by atoms with Crippen LogP contribution in [0.4, 0.5) is 0 Å². The van der Waals surface area contributed by atoms with Crippen LogP contribution in [-0.4, -0.2) is 33.2 Å². The molecule has 1 amide bonds. The summed E-state index contributed by atoms with van der Waals surface area (Å²) in [6.07, 6.45) is 0. The van der Waals surface area contributed by atoms with E-state index in [1.54, 1.807) is 25.3 Å². The molecule has 0 saturated heterocycles. The Morgan fingerprint density at radius 2 is 1.80 bits per heavy atom. The van der Waals surface area contributed by atoms with E-state index in [1.807, 2.05) is 0 Å². The first-order chi connectivity index (χ1) is 12.0. The van der Waals surface area contributed by atoms with Gasteiger partial charge in [0.2, 0.25) is 0 Å². The van der Waals surface area contributed by atoms with Crippen molar-refractivity contribution >= 4 is 23.5 Å². The van der Waals surface area contributed by atoms with Crippen molar-refractivity contribution in [2.45, 2.75) is 6.54 Å². The quantitative estimate of drug-likeness (QED) is 0.798. The van der Waals surface area contributed by atoms with Gasteiger partial charge in [-0.1, -0.05) is 11.6 Å². The second-order valence-electron chi connectivity index (χ2n) is 5.05. The molecular weight excluding hydrogens is 346 g/mol. The van der Waals surface area contributed by atoms with Crippen LogP contribution in [0.25, 0.3) is 0 Å². The average molecular weight is 364 g/mol. The first-order valence-corrected chi connectivity index (χ1v) is 7.75. The molecule has 0 aliphatic rings. The van der Waals surface area contributed by atoms with Crippen LogP contribution in [0.1, 0.15) is 26.3 Å². The number of amides is 1. The molecule has 2 aromatic rings. The maximum absolute atomic E-state index is 12.4. The minimum absolute atomic E-state index is 0.192. The molecule has 0 saturated carbocycles. The van der Waals surface area contributed by atoms with Crippen LogP contribution < -0.4 is 14.8 Å². The van der Waals surface area contributed by atoms with Gasteiger partial charge in [0.1, 0.15) is 11.5 Å². The number of hydrogen-bond acceptors (Lipinski definition) is 5. The van der Waals surface area contributed by atoms with E-state index in [1.165, 1.54) is 32.4 Å². The van der Waals surface area contributed by atoms with Crippen LogP contribution in [0.3, 0.4) is 0 Å². The van der Waals surface area contributed by atoms with E-state index in [-0.39, 0.29) is 22.7 Å². The second kappa shape index (κ2) is 8.39. The third-order valence-corrected chi connectivity index (χ3v) is 3.90. The summed E-state index contributed by atoms with van der Waals surface area (Å²) >= 11 is 6.06. The predicted octanol–water partition coefficient (Wildman–Crippen LogP) is 3.07. The minimum atomic E-state index is -0.539. The molecule has 0 aliphatic heterocycles. The molecule has 25 heavy (non-hydrogen) atoms. The Bertz CT molecular complexity index is 791. The number of halogens is 1. The van der Waals surface area contributed by atoms with Crippen LogP contribution in [0.5, 0.6) is 11.5 Å². The van der Waals surface area contributed by atoms with Gasteiger partial charge in [-0.3, -0.25) is 4.79 Å². The number of methoxy groups -OCH3 is 3. The van der Waals surface area contributed by atoms with Crippen molar-refractivity contribution in [3.63, 3.8) is 0 Å². The highest BCUT2D eigenvalue weighted by Gasteiger charge is 2.15. The Balaban J connectivity index is 2.17. The smallest absolute Gasteiger partial charge is 0.337 e. The first kappa shape index (κ1) is 18.6. The fourth-order valence-corrected chi connectivity index (χ4v) is 2.42. The number of ether oxygens (including phenoxy) is 3. The second-order valence-corrected chi connectivity index (χ2v) is 5.45. The molecule has 0 fully saturated rings. The Hall–Kier alpha value is -2.73. The fourth-order valence-electron chi connectivity index (χ4n) is 2.21. The monoisotopic (exact) mass is 363 g/mol. The van der Waals surface area contributed by atoms with Gasteiger partial charge in [0.25, 0.3) is 5.91 Å². The largest absolute Gasteiger partial charge is 0.497 e. The van der Waals surface area contributed by atoms with Crippen molar-refractivity contribution in [3.05, 3.63) is 58.1 Å². The van der Waals surface area contributed by atoms with Gasteiger partial charge in [0, 0.05) is 18.2 Å². The molecule has 2 aromatic carbocycles. The van der Waals surface area contributed by atoms with Crippen LogP contribution in [-0.2, 0) is 11.3 Å². The molecule has 7 heteroatoms. The molecule has 6 nitrogen and oxygen atoms in total. The topological polar surface area (TPSA) is 73.9 Å². The highest BCUT2D eigenvalue weighted by molar-refractivity contribution is 6.34. The summed E-state index contributed by atoms with van der Waals surface area (Å²) in [5, 5.41) is 3.00. The third-order valence-electron chi connectivity index (χ3n) is 3.57. The zero-order chi connectivity index (χ0) is 18.4. The highest BCUT2D eigenvalue weighted by Crippen LogP contribution is 2.25. The van der Waals surface area contributed by atoms with E-state index >= 15 is 0 Å². The highest BCUT2D eigenvalue weighted by atomic mass is 35.5. The maximum atomic E-state index is 12.4. The number of benzene rings is 2. The standard InChI is InChI=1S/C18H18ClNO5/c1-23-13-6-4-12(16(9-13)24-2)10-20-17(21)14-8-11(18(22)25-3)5-7-15(14)19/h4-9H,10H2,1-3H3,(H,20,21). The molecule has 2 rings (SSSR count). The zero-order valence-electron chi connectivity index (χ0n) is 14.1. The molecule has 0 aliphatic carbocycles. The fraction of sp³-hybridized carbons (Fsp3) is 0.222. The molecular formula is C18H18ClNO5. The summed E-state index contributed by atoms with van der Waals surface area (Å²) in [4.78, 5) is 24.0. The zero-order valence-corrected chi connectivity index (χ0v) is 14.8. The van der Waals surface area contributed by atoms with Gasteiger partial charge < -0.3 is 19.5 Å². The summed E-state index contributed by atoms with van der Waals surface area (Å²) in [5.41, 5.74) is 1.22. The summed E-state index contributed by atoms with van der Waals surface area (Å²) in [7, 11) is 4.37. The Morgan fingerprint density at radius 1 is 1.04 bits per heavy atom. The van der Waals surface area contributed by atoms with Crippen molar-refractivity contribution in [1.29, 1.82) is 0 Å². The van der Waals surface area contributed by atoms with Crippen LogP contribution in [0.2, 0.25) is 5.02 Å².